The number of carbonyl (C=O) groups excluding carboxylic acids is 1. The van der Waals surface area contributed by atoms with Crippen molar-refractivity contribution in [2.75, 3.05) is 13.6 Å². The Morgan fingerprint density at radius 1 is 1.40 bits per heavy atom. The van der Waals surface area contributed by atoms with Crippen molar-refractivity contribution in [3.05, 3.63) is 0 Å². The van der Waals surface area contributed by atoms with Crippen LogP contribution in [0.4, 0.5) is 0 Å². The molecule has 0 fully saturated rings. The lowest BCUT2D eigenvalue weighted by Crippen LogP contribution is -2.46. The zero-order valence-corrected chi connectivity index (χ0v) is 10.8. The quantitative estimate of drug-likeness (QED) is 0.417. The van der Waals surface area contributed by atoms with E-state index in [9.17, 15) is 4.79 Å². The van der Waals surface area contributed by atoms with E-state index in [0.717, 1.165) is 6.54 Å². The molecule has 2 unspecified atom stereocenters. The standard InChI is InChI=1S/C11H25N3O/c1-8(10(15)13-12)9(2)14(6)7-11(3,4)5/h8-9H,7,12H2,1-6H3,(H,13,15). The van der Waals surface area contributed by atoms with Gasteiger partial charge in [-0.3, -0.25) is 10.2 Å². The third kappa shape index (κ3) is 5.14. The zero-order valence-electron chi connectivity index (χ0n) is 10.8. The SMILES string of the molecule is CC(C(=O)NN)C(C)N(C)CC(C)(C)C. The summed E-state index contributed by atoms with van der Waals surface area (Å²) in [7, 11) is 2.04. The second-order valence-corrected chi connectivity index (χ2v) is 5.51. The van der Waals surface area contributed by atoms with Gasteiger partial charge in [0.15, 0.2) is 0 Å². The highest BCUT2D eigenvalue weighted by molar-refractivity contribution is 5.78. The lowest BCUT2D eigenvalue weighted by molar-refractivity contribution is -0.126. The third-order valence-electron chi connectivity index (χ3n) is 2.70. The molecule has 15 heavy (non-hydrogen) atoms. The van der Waals surface area contributed by atoms with Crippen LogP contribution in [0.5, 0.6) is 0 Å². The molecule has 3 N–H and O–H groups in total. The molecule has 0 saturated carbocycles. The molecule has 0 aromatic heterocycles. The number of nitrogens with zero attached hydrogens (tertiary/aromatic N) is 1. The fourth-order valence-corrected chi connectivity index (χ4v) is 1.62. The van der Waals surface area contributed by atoms with E-state index in [-0.39, 0.29) is 23.3 Å². The van der Waals surface area contributed by atoms with Crippen molar-refractivity contribution in [2.45, 2.75) is 40.7 Å². The monoisotopic (exact) mass is 215 g/mol. The lowest BCUT2D eigenvalue weighted by Gasteiger charge is -2.33. The molecule has 0 aliphatic rings. The Balaban J connectivity index is 4.31. The minimum Gasteiger partial charge on any atom is -0.302 e. The van der Waals surface area contributed by atoms with Crippen molar-refractivity contribution in [3.63, 3.8) is 0 Å². The van der Waals surface area contributed by atoms with Gasteiger partial charge in [-0.2, -0.15) is 0 Å². The summed E-state index contributed by atoms with van der Waals surface area (Å²) in [6, 6.07) is 0.188. The first-order valence-corrected chi connectivity index (χ1v) is 5.39. The first-order chi connectivity index (χ1) is 6.69. The van der Waals surface area contributed by atoms with Gasteiger partial charge in [-0.05, 0) is 19.4 Å². The molecule has 4 nitrogen and oxygen atoms in total. The average molecular weight is 215 g/mol. The van der Waals surface area contributed by atoms with Gasteiger partial charge < -0.3 is 4.90 Å². The van der Waals surface area contributed by atoms with E-state index >= 15 is 0 Å². The number of nitrogens with one attached hydrogen (secondary N) is 1. The fourth-order valence-electron chi connectivity index (χ4n) is 1.62. The first kappa shape index (κ1) is 14.4. The summed E-state index contributed by atoms with van der Waals surface area (Å²) >= 11 is 0. The normalized spacial score (nSPS) is 16.3. The van der Waals surface area contributed by atoms with Gasteiger partial charge in [0.2, 0.25) is 5.91 Å². The molecule has 0 spiro atoms. The van der Waals surface area contributed by atoms with E-state index in [4.69, 9.17) is 5.84 Å². The van der Waals surface area contributed by atoms with Crippen LogP contribution < -0.4 is 11.3 Å². The Kier molecular flexibility index (Phi) is 5.24. The second-order valence-electron chi connectivity index (χ2n) is 5.51. The topological polar surface area (TPSA) is 58.4 Å². The second kappa shape index (κ2) is 5.47. The van der Waals surface area contributed by atoms with Crippen LogP contribution in [0, 0.1) is 11.3 Å². The van der Waals surface area contributed by atoms with Crippen molar-refractivity contribution in [3.8, 4) is 0 Å². The van der Waals surface area contributed by atoms with E-state index in [1.807, 2.05) is 20.9 Å². The number of hydrogen-bond acceptors (Lipinski definition) is 3. The summed E-state index contributed by atoms with van der Waals surface area (Å²) in [5, 5.41) is 0. The molecule has 0 bridgehead atoms. The number of hydrogen-bond donors (Lipinski definition) is 2. The highest BCUT2D eigenvalue weighted by Gasteiger charge is 2.25. The van der Waals surface area contributed by atoms with Crippen LogP contribution in [0.3, 0.4) is 0 Å². The van der Waals surface area contributed by atoms with Crippen LogP contribution in [-0.4, -0.2) is 30.4 Å². The molecule has 0 radical (unpaired) electrons. The van der Waals surface area contributed by atoms with Crippen LogP contribution in [0.1, 0.15) is 34.6 Å². The first-order valence-electron chi connectivity index (χ1n) is 5.39. The number of nitrogens with two attached hydrogens (primary N) is 1. The number of carbonyl (C=O) groups is 1. The predicted molar refractivity (Wildman–Crippen MR) is 63.0 cm³/mol. The van der Waals surface area contributed by atoms with E-state index in [1.54, 1.807) is 0 Å². The van der Waals surface area contributed by atoms with Crippen molar-refractivity contribution >= 4 is 5.91 Å². The molecule has 0 heterocycles. The molecular weight excluding hydrogens is 190 g/mol. The Morgan fingerprint density at radius 3 is 2.20 bits per heavy atom. The Morgan fingerprint density at radius 2 is 1.87 bits per heavy atom. The molecular formula is C11H25N3O. The predicted octanol–water partition coefficient (Wildman–Crippen LogP) is 0.979. The largest absolute Gasteiger partial charge is 0.302 e. The smallest absolute Gasteiger partial charge is 0.238 e. The maximum atomic E-state index is 11.4. The van der Waals surface area contributed by atoms with Crippen molar-refractivity contribution < 1.29 is 4.79 Å². The van der Waals surface area contributed by atoms with Gasteiger partial charge >= 0.3 is 0 Å². The van der Waals surface area contributed by atoms with Gasteiger partial charge in [0.05, 0.1) is 5.92 Å². The molecule has 0 aliphatic heterocycles. The Hall–Kier alpha value is -0.610. The third-order valence-corrected chi connectivity index (χ3v) is 2.70. The maximum absolute atomic E-state index is 11.4. The molecule has 0 aromatic rings. The van der Waals surface area contributed by atoms with Crippen molar-refractivity contribution in [1.29, 1.82) is 0 Å². The van der Waals surface area contributed by atoms with Crippen LogP contribution in [-0.2, 0) is 4.79 Å². The summed E-state index contributed by atoms with van der Waals surface area (Å²) in [4.78, 5) is 13.6. The molecule has 1 amide bonds. The average Bonchev–Trinajstić information content (AvgIpc) is 2.11. The summed E-state index contributed by atoms with van der Waals surface area (Å²) in [5.41, 5.74) is 2.44. The molecule has 90 valence electrons. The molecule has 2 atom stereocenters. The minimum absolute atomic E-state index is 0.0950. The number of amides is 1. The molecule has 0 saturated heterocycles. The Labute approximate surface area is 93.2 Å². The molecule has 0 rings (SSSR count). The van der Waals surface area contributed by atoms with E-state index in [0.29, 0.717) is 0 Å². The maximum Gasteiger partial charge on any atom is 0.238 e. The van der Waals surface area contributed by atoms with Crippen molar-refractivity contribution in [2.24, 2.45) is 17.2 Å². The van der Waals surface area contributed by atoms with Crippen LogP contribution in [0.15, 0.2) is 0 Å². The zero-order chi connectivity index (χ0) is 12.2. The van der Waals surface area contributed by atoms with Crippen LogP contribution >= 0.6 is 0 Å². The van der Waals surface area contributed by atoms with E-state index in [1.165, 1.54) is 0 Å². The van der Waals surface area contributed by atoms with Gasteiger partial charge in [-0.25, -0.2) is 5.84 Å². The van der Waals surface area contributed by atoms with Crippen molar-refractivity contribution in [1.82, 2.24) is 10.3 Å². The van der Waals surface area contributed by atoms with Crippen LogP contribution in [0.25, 0.3) is 0 Å². The highest BCUT2D eigenvalue weighted by atomic mass is 16.2. The van der Waals surface area contributed by atoms with E-state index < -0.39 is 0 Å². The van der Waals surface area contributed by atoms with Gasteiger partial charge in [0.1, 0.15) is 0 Å². The summed E-state index contributed by atoms with van der Waals surface area (Å²) in [6.07, 6.45) is 0. The van der Waals surface area contributed by atoms with Crippen LogP contribution in [0.2, 0.25) is 0 Å². The van der Waals surface area contributed by atoms with E-state index in [2.05, 4.69) is 31.1 Å². The number of rotatable bonds is 4. The molecule has 0 aliphatic carbocycles. The van der Waals surface area contributed by atoms with Gasteiger partial charge in [0, 0.05) is 12.6 Å². The van der Waals surface area contributed by atoms with Gasteiger partial charge in [-0.1, -0.05) is 27.7 Å². The molecule has 0 aromatic carbocycles. The van der Waals surface area contributed by atoms with Gasteiger partial charge in [-0.15, -0.1) is 0 Å². The molecule has 4 heteroatoms. The highest BCUT2D eigenvalue weighted by Crippen LogP contribution is 2.18. The lowest BCUT2D eigenvalue weighted by atomic mass is 9.93. The Bertz CT molecular complexity index is 210. The van der Waals surface area contributed by atoms with Gasteiger partial charge in [0.25, 0.3) is 0 Å². The summed E-state index contributed by atoms with van der Waals surface area (Å²) in [6.45, 7) is 11.5. The summed E-state index contributed by atoms with van der Waals surface area (Å²) < 4.78 is 0. The minimum atomic E-state index is -0.108. The summed E-state index contributed by atoms with van der Waals surface area (Å²) in [5.74, 6) is 4.92. The fraction of sp³-hybridized carbons (Fsp3) is 0.909. The number of hydrazine groups is 1.